The highest BCUT2D eigenvalue weighted by molar-refractivity contribution is 5.97. The number of carbonyl (C=O) groups is 1. The lowest BCUT2D eigenvalue weighted by atomic mass is 10.1. The van der Waals surface area contributed by atoms with Crippen molar-refractivity contribution in [2.24, 2.45) is 5.41 Å². The fraction of sp³-hybridized carbons (Fsp3) is 0.364. The molecule has 1 N–H and O–H groups in total. The predicted molar refractivity (Wildman–Crippen MR) is 59.1 cm³/mol. The van der Waals surface area contributed by atoms with Gasteiger partial charge in [0.15, 0.2) is 0 Å². The highest BCUT2D eigenvalue weighted by Crippen LogP contribution is 2.45. The largest absolute Gasteiger partial charge is 0.325 e. The van der Waals surface area contributed by atoms with Gasteiger partial charge in [0.25, 0.3) is 5.69 Å². The minimum atomic E-state index is -0.478. The third-order valence-corrected chi connectivity index (χ3v) is 2.86. The van der Waals surface area contributed by atoms with Gasteiger partial charge in [0.1, 0.15) is 0 Å². The fourth-order valence-corrected chi connectivity index (χ4v) is 1.39. The van der Waals surface area contributed by atoms with E-state index in [0.717, 1.165) is 12.8 Å². The van der Waals surface area contributed by atoms with Crippen molar-refractivity contribution in [2.45, 2.75) is 19.8 Å². The highest BCUT2D eigenvalue weighted by atomic mass is 16.6. The smallest absolute Gasteiger partial charge is 0.271 e. The number of nitrogens with zero attached hydrogens (tertiary/aromatic N) is 1. The summed E-state index contributed by atoms with van der Waals surface area (Å²) < 4.78 is 0. The number of benzene rings is 1. The zero-order valence-corrected chi connectivity index (χ0v) is 8.90. The molecule has 0 aliphatic heterocycles. The average molecular weight is 220 g/mol. The Labute approximate surface area is 92.6 Å². The van der Waals surface area contributed by atoms with E-state index in [2.05, 4.69) is 5.32 Å². The molecule has 1 aliphatic rings. The highest BCUT2D eigenvalue weighted by Gasteiger charge is 2.44. The first-order chi connectivity index (χ1) is 7.51. The van der Waals surface area contributed by atoms with Gasteiger partial charge < -0.3 is 5.32 Å². The van der Waals surface area contributed by atoms with Gasteiger partial charge in [0.2, 0.25) is 5.91 Å². The predicted octanol–water partition coefficient (Wildman–Crippen LogP) is 2.33. The van der Waals surface area contributed by atoms with Crippen LogP contribution >= 0.6 is 0 Å². The maximum Gasteiger partial charge on any atom is 0.271 e. The van der Waals surface area contributed by atoms with Gasteiger partial charge in [-0.1, -0.05) is 13.0 Å². The van der Waals surface area contributed by atoms with Crippen LogP contribution in [0.25, 0.3) is 0 Å². The normalized spacial score (nSPS) is 16.6. The maximum atomic E-state index is 11.7. The molecule has 1 fully saturated rings. The molecule has 5 heteroatoms. The maximum absolute atomic E-state index is 11.7. The van der Waals surface area contributed by atoms with Crippen LogP contribution in [0.15, 0.2) is 24.3 Å². The number of non-ortho nitro benzene ring substituents is 1. The minimum Gasteiger partial charge on any atom is -0.325 e. The van der Waals surface area contributed by atoms with Crippen molar-refractivity contribution >= 4 is 17.3 Å². The van der Waals surface area contributed by atoms with Crippen molar-refractivity contribution in [3.8, 4) is 0 Å². The first-order valence-electron chi connectivity index (χ1n) is 5.07. The second kappa shape index (κ2) is 3.59. The second-order valence-electron chi connectivity index (χ2n) is 4.32. The molecule has 16 heavy (non-hydrogen) atoms. The SMILES string of the molecule is CC1(C(=O)Nc2cccc([N+](=O)[O-])c2)CC1. The Morgan fingerprint density at radius 3 is 2.75 bits per heavy atom. The molecule has 2 rings (SSSR count). The van der Waals surface area contributed by atoms with Crippen molar-refractivity contribution in [1.29, 1.82) is 0 Å². The molecule has 1 aliphatic carbocycles. The van der Waals surface area contributed by atoms with Crippen LogP contribution in [0.5, 0.6) is 0 Å². The van der Waals surface area contributed by atoms with E-state index in [1.54, 1.807) is 12.1 Å². The third kappa shape index (κ3) is 2.03. The quantitative estimate of drug-likeness (QED) is 0.627. The fourth-order valence-electron chi connectivity index (χ4n) is 1.39. The number of rotatable bonds is 3. The Balaban J connectivity index is 2.12. The number of carbonyl (C=O) groups excluding carboxylic acids is 1. The van der Waals surface area contributed by atoms with Gasteiger partial charge in [0, 0.05) is 23.2 Å². The van der Waals surface area contributed by atoms with Gasteiger partial charge in [0.05, 0.1) is 4.92 Å². The van der Waals surface area contributed by atoms with Crippen molar-refractivity contribution in [2.75, 3.05) is 5.32 Å². The summed E-state index contributed by atoms with van der Waals surface area (Å²) >= 11 is 0. The van der Waals surface area contributed by atoms with Gasteiger partial charge in [-0.05, 0) is 18.9 Å². The molecule has 0 bridgehead atoms. The van der Waals surface area contributed by atoms with Crippen LogP contribution in [0.2, 0.25) is 0 Å². The molecular formula is C11H12N2O3. The van der Waals surface area contributed by atoms with E-state index >= 15 is 0 Å². The Morgan fingerprint density at radius 2 is 2.19 bits per heavy atom. The summed E-state index contributed by atoms with van der Waals surface area (Å²) in [7, 11) is 0. The van der Waals surface area contributed by atoms with Crippen molar-refractivity contribution in [3.05, 3.63) is 34.4 Å². The number of hydrogen-bond donors (Lipinski definition) is 1. The molecule has 0 spiro atoms. The number of nitro groups is 1. The summed E-state index contributed by atoms with van der Waals surface area (Å²) in [6.07, 6.45) is 1.77. The molecule has 1 aromatic carbocycles. The van der Waals surface area contributed by atoms with E-state index in [-0.39, 0.29) is 17.0 Å². The average Bonchev–Trinajstić information content (AvgIpc) is 2.98. The first-order valence-corrected chi connectivity index (χ1v) is 5.07. The third-order valence-electron chi connectivity index (χ3n) is 2.86. The number of nitro benzene ring substituents is 1. The van der Waals surface area contributed by atoms with Crippen LogP contribution in [0.3, 0.4) is 0 Å². The molecule has 0 atom stereocenters. The zero-order chi connectivity index (χ0) is 11.8. The lowest BCUT2D eigenvalue weighted by molar-refractivity contribution is -0.384. The first kappa shape index (κ1) is 10.6. The van der Waals surface area contributed by atoms with E-state index < -0.39 is 4.92 Å². The van der Waals surface area contributed by atoms with Crippen molar-refractivity contribution in [3.63, 3.8) is 0 Å². The monoisotopic (exact) mass is 220 g/mol. The summed E-state index contributed by atoms with van der Waals surface area (Å²) in [5.74, 6) is -0.0620. The second-order valence-corrected chi connectivity index (χ2v) is 4.32. The van der Waals surface area contributed by atoms with E-state index in [1.807, 2.05) is 6.92 Å². The van der Waals surface area contributed by atoms with Crippen LogP contribution in [0.1, 0.15) is 19.8 Å². The molecule has 0 radical (unpaired) electrons. The summed E-state index contributed by atoms with van der Waals surface area (Å²) in [4.78, 5) is 21.8. The van der Waals surface area contributed by atoms with Crippen molar-refractivity contribution in [1.82, 2.24) is 0 Å². The van der Waals surface area contributed by atoms with Gasteiger partial charge in [-0.2, -0.15) is 0 Å². The topological polar surface area (TPSA) is 72.2 Å². The molecule has 0 saturated heterocycles. The molecular weight excluding hydrogens is 208 g/mol. The summed E-state index contributed by atoms with van der Waals surface area (Å²) in [5.41, 5.74) is 0.191. The Bertz CT molecular complexity index is 452. The Kier molecular flexibility index (Phi) is 2.38. The van der Waals surface area contributed by atoms with E-state index in [9.17, 15) is 14.9 Å². The molecule has 0 unspecified atom stereocenters. The lowest BCUT2D eigenvalue weighted by Crippen LogP contribution is -2.21. The van der Waals surface area contributed by atoms with Crippen LogP contribution in [0, 0.1) is 15.5 Å². The van der Waals surface area contributed by atoms with E-state index in [0.29, 0.717) is 5.69 Å². The van der Waals surface area contributed by atoms with E-state index in [4.69, 9.17) is 0 Å². The molecule has 1 amide bonds. The van der Waals surface area contributed by atoms with Gasteiger partial charge in [-0.3, -0.25) is 14.9 Å². The Hall–Kier alpha value is -1.91. The molecule has 0 aromatic heterocycles. The summed E-state index contributed by atoms with van der Waals surface area (Å²) in [5, 5.41) is 13.2. The number of hydrogen-bond acceptors (Lipinski definition) is 3. The summed E-state index contributed by atoms with van der Waals surface area (Å²) in [6.45, 7) is 1.89. The number of amides is 1. The molecule has 0 heterocycles. The number of nitrogens with one attached hydrogen (secondary N) is 1. The molecule has 5 nitrogen and oxygen atoms in total. The van der Waals surface area contributed by atoms with Crippen LogP contribution < -0.4 is 5.32 Å². The van der Waals surface area contributed by atoms with Gasteiger partial charge >= 0.3 is 0 Å². The van der Waals surface area contributed by atoms with Crippen LogP contribution in [-0.2, 0) is 4.79 Å². The zero-order valence-electron chi connectivity index (χ0n) is 8.90. The van der Waals surface area contributed by atoms with Crippen LogP contribution in [-0.4, -0.2) is 10.8 Å². The molecule has 84 valence electrons. The lowest BCUT2D eigenvalue weighted by Gasteiger charge is -2.09. The summed E-state index contributed by atoms with van der Waals surface area (Å²) in [6, 6.07) is 5.97. The van der Waals surface area contributed by atoms with E-state index in [1.165, 1.54) is 12.1 Å². The molecule has 1 saturated carbocycles. The Morgan fingerprint density at radius 1 is 1.50 bits per heavy atom. The minimum absolute atomic E-state index is 0.0150. The molecule has 1 aromatic rings. The van der Waals surface area contributed by atoms with Crippen LogP contribution in [0.4, 0.5) is 11.4 Å². The van der Waals surface area contributed by atoms with Crippen molar-refractivity contribution < 1.29 is 9.72 Å². The standard InChI is InChI=1S/C11H12N2O3/c1-11(5-6-11)10(14)12-8-3-2-4-9(7-8)13(15)16/h2-4,7H,5-6H2,1H3,(H,12,14). The van der Waals surface area contributed by atoms with Gasteiger partial charge in [-0.25, -0.2) is 0 Å². The number of anilines is 1. The van der Waals surface area contributed by atoms with Gasteiger partial charge in [-0.15, -0.1) is 0 Å².